The highest BCUT2D eigenvalue weighted by molar-refractivity contribution is 6.38. The second-order valence-electron chi connectivity index (χ2n) is 8.23. The van der Waals surface area contributed by atoms with Crippen molar-refractivity contribution in [1.29, 1.82) is 0 Å². The number of nitrogens with zero attached hydrogens (tertiary/aromatic N) is 2. The Morgan fingerprint density at radius 1 is 1.11 bits per heavy atom. The van der Waals surface area contributed by atoms with Crippen molar-refractivity contribution in [3.05, 3.63) is 95.7 Å². The molecule has 2 aromatic heterocycles. The first-order valence-corrected chi connectivity index (χ1v) is 11.3. The van der Waals surface area contributed by atoms with Crippen molar-refractivity contribution in [2.45, 2.75) is 25.7 Å². The third-order valence-corrected chi connectivity index (χ3v) is 6.39. The Morgan fingerprint density at radius 3 is 2.57 bits per heavy atom. The van der Waals surface area contributed by atoms with Crippen molar-refractivity contribution < 1.29 is 17.6 Å². The van der Waals surface area contributed by atoms with Crippen molar-refractivity contribution in [2.75, 3.05) is 6.54 Å². The van der Waals surface area contributed by atoms with Crippen LogP contribution in [0.5, 0.6) is 0 Å². The van der Waals surface area contributed by atoms with Gasteiger partial charge in [0.15, 0.2) is 11.0 Å². The third-order valence-electron chi connectivity index (χ3n) is 5.89. The third kappa shape index (κ3) is 4.59. The van der Waals surface area contributed by atoms with Gasteiger partial charge in [0, 0.05) is 42.2 Å². The summed E-state index contributed by atoms with van der Waals surface area (Å²) >= 11 is 12.1. The largest absolute Gasteiger partial charge is 0.462 e. The van der Waals surface area contributed by atoms with Gasteiger partial charge in [-0.3, -0.25) is 14.5 Å². The van der Waals surface area contributed by atoms with E-state index >= 15 is 0 Å². The van der Waals surface area contributed by atoms with E-state index in [4.69, 9.17) is 27.6 Å². The Balaban J connectivity index is 1.40. The van der Waals surface area contributed by atoms with Gasteiger partial charge in [-0.05, 0) is 24.3 Å². The highest BCUT2D eigenvalue weighted by atomic mass is 35.5. The maximum absolute atomic E-state index is 13.0. The molecule has 0 radical (unpaired) electrons. The zero-order chi connectivity index (χ0) is 24.9. The molecule has 0 aliphatic carbocycles. The Hall–Kier alpha value is -3.14. The molecular formula is C24H16Cl2F3N3O3. The van der Waals surface area contributed by atoms with Crippen LogP contribution in [0.4, 0.5) is 13.2 Å². The summed E-state index contributed by atoms with van der Waals surface area (Å²) in [5.74, 6) is 0.208. The summed E-state index contributed by atoms with van der Waals surface area (Å²) in [5, 5.41) is 0.836. The van der Waals surface area contributed by atoms with E-state index in [2.05, 4.69) is 9.97 Å². The molecule has 0 saturated carbocycles. The lowest BCUT2D eigenvalue weighted by Crippen LogP contribution is -2.36. The lowest BCUT2D eigenvalue weighted by Gasteiger charge is -2.27. The summed E-state index contributed by atoms with van der Waals surface area (Å²) in [7, 11) is 0. The minimum atomic E-state index is -4.44. The van der Waals surface area contributed by atoms with E-state index in [1.54, 1.807) is 0 Å². The number of rotatable bonds is 3. The molecule has 5 rings (SSSR count). The molecule has 1 N–H and O–H groups in total. The predicted molar refractivity (Wildman–Crippen MR) is 126 cm³/mol. The summed E-state index contributed by atoms with van der Waals surface area (Å²) in [5.41, 5.74) is 0.638. The first kappa shape index (κ1) is 23.6. The van der Waals surface area contributed by atoms with Crippen molar-refractivity contribution in [2.24, 2.45) is 0 Å². The summed E-state index contributed by atoms with van der Waals surface area (Å²) in [6.45, 7) is 1.00. The monoisotopic (exact) mass is 521 g/mol. The van der Waals surface area contributed by atoms with E-state index in [0.29, 0.717) is 40.4 Å². The van der Waals surface area contributed by atoms with Crippen LogP contribution in [-0.4, -0.2) is 21.4 Å². The van der Waals surface area contributed by atoms with Crippen LogP contribution >= 0.6 is 23.2 Å². The predicted octanol–water partition coefficient (Wildman–Crippen LogP) is 5.43. The SMILES string of the molecule is O=c1[nH]c(-c2ccc(C(F)(F)F)cc2)nc2c1CN(Cc1coc3c(Cl)cc(Cl)cc3c1=O)CC2. The quantitative estimate of drug-likeness (QED) is 0.389. The van der Waals surface area contributed by atoms with Gasteiger partial charge >= 0.3 is 6.18 Å². The van der Waals surface area contributed by atoms with Crippen molar-refractivity contribution in [1.82, 2.24) is 14.9 Å². The number of benzene rings is 2. The lowest BCUT2D eigenvalue weighted by atomic mass is 10.0. The van der Waals surface area contributed by atoms with Crippen molar-refractivity contribution >= 4 is 34.2 Å². The van der Waals surface area contributed by atoms with Crippen LogP contribution in [0.3, 0.4) is 0 Å². The number of aromatic amines is 1. The normalized spacial score (nSPS) is 14.3. The fourth-order valence-electron chi connectivity index (χ4n) is 4.13. The molecule has 6 nitrogen and oxygen atoms in total. The zero-order valence-corrected chi connectivity index (χ0v) is 19.4. The van der Waals surface area contributed by atoms with Gasteiger partial charge in [-0.15, -0.1) is 0 Å². The van der Waals surface area contributed by atoms with Crippen LogP contribution in [0.15, 0.2) is 56.7 Å². The number of fused-ring (bicyclic) bond motifs is 2. The Bertz CT molecular complexity index is 1560. The van der Waals surface area contributed by atoms with Gasteiger partial charge in [0.2, 0.25) is 0 Å². The maximum atomic E-state index is 13.0. The number of alkyl halides is 3. The number of nitrogens with one attached hydrogen (secondary N) is 1. The summed E-state index contributed by atoms with van der Waals surface area (Å²) in [4.78, 5) is 34.8. The number of aromatic nitrogens is 2. The van der Waals surface area contributed by atoms with Gasteiger partial charge in [0.1, 0.15) is 5.82 Å². The Morgan fingerprint density at radius 2 is 1.86 bits per heavy atom. The molecule has 0 fully saturated rings. The van der Waals surface area contributed by atoms with Crippen molar-refractivity contribution in [3.8, 4) is 11.4 Å². The molecule has 180 valence electrons. The summed E-state index contributed by atoms with van der Waals surface area (Å²) < 4.78 is 44.0. The molecule has 3 heterocycles. The fraction of sp³-hybridized carbons (Fsp3) is 0.208. The van der Waals surface area contributed by atoms with Gasteiger partial charge in [-0.2, -0.15) is 13.2 Å². The molecule has 2 aromatic carbocycles. The zero-order valence-electron chi connectivity index (χ0n) is 17.9. The van der Waals surface area contributed by atoms with E-state index in [0.717, 1.165) is 12.1 Å². The van der Waals surface area contributed by atoms with E-state index in [9.17, 15) is 22.8 Å². The summed E-state index contributed by atoms with van der Waals surface area (Å²) in [6.07, 6.45) is -2.65. The minimum Gasteiger partial charge on any atom is -0.462 e. The van der Waals surface area contributed by atoms with E-state index in [-0.39, 0.29) is 45.9 Å². The molecule has 11 heteroatoms. The molecule has 0 saturated heterocycles. The lowest BCUT2D eigenvalue weighted by molar-refractivity contribution is -0.137. The Labute approximate surface area is 205 Å². The molecular weight excluding hydrogens is 506 g/mol. The van der Waals surface area contributed by atoms with Crippen LogP contribution in [0.2, 0.25) is 10.0 Å². The molecule has 1 aliphatic rings. The molecule has 0 amide bonds. The second-order valence-corrected chi connectivity index (χ2v) is 9.07. The molecule has 35 heavy (non-hydrogen) atoms. The van der Waals surface area contributed by atoms with E-state index in [1.807, 2.05) is 4.90 Å². The van der Waals surface area contributed by atoms with Gasteiger partial charge < -0.3 is 9.40 Å². The Kier molecular flexibility index (Phi) is 5.94. The molecule has 0 unspecified atom stereocenters. The smallest absolute Gasteiger partial charge is 0.416 e. The van der Waals surface area contributed by atoms with Crippen LogP contribution < -0.4 is 11.0 Å². The topological polar surface area (TPSA) is 79.2 Å². The number of H-pyrrole nitrogens is 1. The average molecular weight is 522 g/mol. The first-order valence-electron chi connectivity index (χ1n) is 10.5. The van der Waals surface area contributed by atoms with Crippen LogP contribution in [-0.2, 0) is 25.7 Å². The maximum Gasteiger partial charge on any atom is 0.416 e. The first-order chi connectivity index (χ1) is 16.6. The van der Waals surface area contributed by atoms with Crippen LogP contribution in [0, 0.1) is 0 Å². The number of halogens is 5. The van der Waals surface area contributed by atoms with E-state index in [1.165, 1.54) is 30.5 Å². The molecule has 1 aliphatic heterocycles. The van der Waals surface area contributed by atoms with Crippen LogP contribution in [0.25, 0.3) is 22.4 Å². The van der Waals surface area contributed by atoms with Gasteiger partial charge in [0.25, 0.3) is 5.56 Å². The molecule has 4 aromatic rings. The van der Waals surface area contributed by atoms with Crippen molar-refractivity contribution in [3.63, 3.8) is 0 Å². The highest BCUT2D eigenvalue weighted by Crippen LogP contribution is 2.31. The van der Waals surface area contributed by atoms with Crippen LogP contribution in [0.1, 0.15) is 22.4 Å². The average Bonchev–Trinajstić information content (AvgIpc) is 2.81. The summed E-state index contributed by atoms with van der Waals surface area (Å²) in [6, 6.07) is 7.45. The fourth-order valence-corrected chi connectivity index (χ4v) is 4.66. The molecule has 0 bridgehead atoms. The highest BCUT2D eigenvalue weighted by Gasteiger charge is 2.30. The standard InChI is InChI=1S/C24H16Cl2F3N3O3/c25-15-7-16-20(33)13(11-35-21(16)18(26)8-15)9-32-6-5-19-17(10-32)23(34)31-22(30-19)12-1-3-14(4-2-12)24(27,28)29/h1-4,7-8,11H,5-6,9-10H2,(H,30,31,34). The number of hydrogen-bond acceptors (Lipinski definition) is 5. The minimum absolute atomic E-state index is 0.208. The van der Waals surface area contributed by atoms with Gasteiger partial charge in [-0.1, -0.05) is 35.3 Å². The molecule has 0 atom stereocenters. The van der Waals surface area contributed by atoms with Gasteiger partial charge in [0.05, 0.1) is 33.5 Å². The van der Waals surface area contributed by atoms with E-state index < -0.39 is 11.7 Å². The second kappa shape index (κ2) is 8.82. The molecule has 0 spiro atoms. The van der Waals surface area contributed by atoms with Gasteiger partial charge in [-0.25, -0.2) is 4.98 Å². The number of hydrogen-bond donors (Lipinski definition) is 1.